The SMILES string of the molecule is O=C(CC1CCCCN1)N1CCOC2CCCC21. The highest BCUT2D eigenvalue weighted by Gasteiger charge is 2.38. The second-order valence-electron chi connectivity index (χ2n) is 5.85. The Morgan fingerprint density at radius 1 is 1.22 bits per heavy atom. The van der Waals surface area contributed by atoms with Crippen LogP contribution in [0, 0.1) is 0 Å². The minimum absolute atomic E-state index is 0.321. The Kier molecular flexibility index (Phi) is 3.85. The van der Waals surface area contributed by atoms with E-state index < -0.39 is 0 Å². The fraction of sp³-hybridized carbons (Fsp3) is 0.929. The summed E-state index contributed by atoms with van der Waals surface area (Å²) < 4.78 is 5.76. The maximum absolute atomic E-state index is 12.4. The number of hydrogen-bond acceptors (Lipinski definition) is 3. The van der Waals surface area contributed by atoms with E-state index in [1.54, 1.807) is 0 Å². The molecule has 3 rings (SSSR count). The Morgan fingerprint density at radius 3 is 3.00 bits per heavy atom. The van der Waals surface area contributed by atoms with E-state index in [0.29, 0.717) is 30.5 Å². The van der Waals surface area contributed by atoms with Gasteiger partial charge in [-0.1, -0.05) is 6.42 Å². The molecule has 0 spiro atoms. The van der Waals surface area contributed by atoms with Gasteiger partial charge in [0.05, 0.1) is 18.8 Å². The number of rotatable bonds is 2. The van der Waals surface area contributed by atoms with Crippen molar-refractivity contribution in [2.45, 2.75) is 63.1 Å². The molecule has 0 aromatic heterocycles. The summed E-state index contributed by atoms with van der Waals surface area (Å²) in [6, 6.07) is 0.781. The molecule has 1 saturated carbocycles. The van der Waals surface area contributed by atoms with Crippen molar-refractivity contribution in [2.24, 2.45) is 0 Å². The van der Waals surface area contributed by atoms with Crippen LogP contribution in [0.3, 0.4) is 0 Å². The summed E-state index contributed by atoms with van der Waals surface area (Å²) in [5, 5.41) is 3.47. The van der Waals surface area contributed by atoms with Gasteiger partial charge in [0, 0.05) is 19.0 Å². The second-order valence-corrected chi connectivity index (χ2v) is 5.85. The number of carbonyl (C=O) groups is 1. The largest absolute Gasteiger partial charge is 0.374 e. The lowest BCUT2D eigenvalue weighted by Gasteiger charge is -2.38. The predicted molar refractivity (Wildman–Crippen MR) is 69.4 cm³/mol. The Morgan fingerprint density at radius 2 is 2.17 bits per heavy atom. The highest BCUT2D eigenvalue weighted by molar-refractivity contribution is 5.77. The van der Waals surface area contributed by atoms with Crippen LogP contribution in [0.4, 0.5) is 0 Å². The van der Waals surface area contributed by atoms with Gasteiger partial charge < -0.3 is 15.0 Å². The van der Waals surface area contributed by atoms with Crippen LogP contribution in [0.1, 0.15) is 44.9 Å². The summed E-state index contributed by atoms with van der Waals surface area (Å²) in [4.78, 5) is 14.5. The van der Waals surface area contributed by atoms with Gasteiger partial charge in [-0.25, -0.2) is 0 Å². The highest BCUT2D eigenvalue weighted by Crippen LogP contribution is 2.30. The molecule has 3 atom stereocenters. The second kappa shape index (κ2) is 5.57. The van der Waals surface area contributed by atoms with Crippen molar-refractivity contribution in [3.8, 4) is 0 Å². The summed E-state index contributed by atoms with van der Waals surface area (Å²) in [6.45, 7) is 2.60. The van der Waals surface area contributed by atoms with Crippen LogP contribution in [-0.2, 0) is 9.53 Å². The molecule has 1 amide bonds. The zero-order chi connectivity index (χ0) is 12.4. The number of morpholine rings is 1. The van der Waals surface area contributed by atoms with E-state index in [1.807, 2.05) is 0 Å². The third-order valence-corrected chi connectivity index (χ3v) is 4.64. The molecular formula is C14H24N2O2. The maximum Gasteiger partial charge on any atom is 0.224 e. The topological polar surface area (TPSA) is 41.6 Å². The Bertz CT molecular complexity index is 302. The number of amides is 1. The third-order valence-electron chi connectivity index (χ3n) is 4.64. The first-order valence-corrected chi connectivity index (χ1v) is 7.49. The van der Waals surface area contributed by atoms with Gasteiger partial charge in [-0.3, -0.25) is 4.79 Å². The number of nitrogens with one attached hydrogen (secondary N) is 1. The van der Waals surface area contributed by atoms with E-state index in [2.05, 4.69) is 10.2 Å². The molecule has 0 aromatic carbocycles. The van der Waals surface area contributed by atoms with Gasteiger partial charge >= 0.3 is 0 Å². The van der Waals surface area contributed by atoms with Gasteiger partial charge in [0.15, 0.2) is 0 Å². The normalized spacial score (nSPS) is 36.4. The van der Waals surface area contributed by atoms with Gasteiger partial charge in [-0.05, 0) is 38.6 Å². The van der Waals surface area contributed by atoms with Crippen LogP contribution < -0.4 is 5.32 Å². The molecule has 4 heteroatoms. The molecular weight excluding hydrogens is 228 g/mol. The fourth-order valence-electron chi connectivity index (χ4n) is 3.66. The standard InChI is InChI=1S/C14H24N2O2/c17-14(10-11-4-1-2-7-15-11)16-8-9-18-13-6-3-5-12(13)16/h11-13,15H,1-10H2. The molecule has 0 radical (unpaired) electrons. The quantitative estimate of drug-likeness (QED) is 0.805. The van der Waals surface area contributed by atoms with Gasteiger partial charge in [0.25, 0.3) is 0 Å². The van der Waals surface area contributed by atoms with Crippen molar-refractivity contribution in [3.63, 3.8) is 0 Å². The predicted octanol–water partition coefficient (Wildman–Crippen LogP) is 1.30. The van der Waals surface area contributed by atoms with Crippen LogP contribution >= 0.6 is 0 Å². The lowest BCUT2D eigenvalue weighted by atomic mass is 10.0. The number of piperidine rings is 1. The monoisotopic (exact) mass is 252 g/mol. The molecule has 3 aliphatic rings. The van der Waals surface area contributed by atoms with Crippen LogP contribution in [0.5, 0.6) is 0 Å². The molecule has 18 heavy (non-hydrogen) atoms. The first kappa shape index (κ1) is 12.4. The van der Waals surface area contributed by atoms with Crippen molar-refractivity contribution in [1.29, 1.82) is 0 Å². The average Bonchev–Trinajstić information content (AvgIpc) is 2.87. The van der Waals surface area contributed by atoms with Crippen LogP contribution in [-0.4, -0.2) is 48.7 Å². The maximum atomic E-state index is 12.4. The molecule has 2 saturated heterocycles. The average molecular weight is 252 g/mol. The first-order chi connectivity index (χ1) is 8.84. The number of fused-ring (bicyclic) bond motifs is 1. The smallest absolute Gasteiger partial charge is 0.224 e. The molecule has 1 N–H and O–H groups in total. The minimum atomic E-state index is 0.321. The summed E-state index contributed by atoms with van der Waals surface area (Å²) in [7, 11) is 0. The van der Waals surface area contributed by atoms with E-state index in [-0.39, 0.29) is 0 Å². The molecule has 3 fully saturated rings. The van der Waals surface area contributed by atoms with Gasteiger partial charge in [-0.2, -0.15) is 0 Å². The zero-order valence-corrected chi connectivity index (χ0v) is 11.1. The van der Waals surface area contributed by atoms with Crippen LogP contribution in [0.2, 0.25) is 0 Å². The van der Waals surface area contributed by atoms with E-state index >= 15 is 0 Å². The molecule has 102 valence electrons. The summed E-state index contributed by atoms with van der Waals surface area (Å²) in [5.74, 6) is 0.342. The summed E-state index contributed by atoms with van der Waals surface area (Å²) in [5.41, 5.74) is 0. The molecule has 0 bridgehead atoms. The lowest BCUT2D eigenvalue weighted by Crippen LogP contribution is -2.52. The van der Waals surface area contributed by atoms with Crippen molar-refractivity contribution >= 4 is 5.91 Å². The van der Waals surface area contributed by atoms with E-state index in [1.165, 1.54) is 19.3 Å². The van der Waals surface area contributed by atoms with Gasteiger partial charge in [0.2, 0.25) is 5.91 Å². The van der Waals surface area contributed by atoms with Gasteiger partial charge in [0.1, 0.15) is 0 Å². The lowest BCUT2D eigenvalue weighted by molar-refractivity contribution is -0.144. The highest BCUT2D eigenvalue weighted by atomic mass is 16.5. The Labute approximate surface area is 109 Å². The molecule has 4 nitrogen and oxygen atoms in total. The Balaban J connectivity index is 1.57. The molecule has 3 unspecified atom stereocenters. The first-order valence-electron chi connectivity index (χ1n) is 7.49. The van der Waals surface area contributed by atoms with Crippen molar-refractivity contribution in [1.82, 2.24) is 10.2 Å². The number of hydrogen-bond donors (Lipinski definition) is 1. The summed E-state index contributed by atoms with van der Waals surface area (Å²) >= 11 is 0. The number of carbonyl (C=O) groups excluding carboxylic acids is 1. The van der Waals surface area contributed by atoms with Gasteiger partial charge in [-0.15, -0.1) is 0 Å². The van der Waals surface area contributed by atoms with Crippen LogP contribution in [0.25, 0.3) is 0 Å². The fourth-order valence-corrected chi connectivity index (χ4v) is 3.66. The third kappa shape index (κ3) is 2.54. The van der Waals surface area contributed by atoms with E-state index in [0.717, 1.165) is 39.0 Å². The number of ether oxygens (including phenoxy) is 1. The Hall–Kier alpha value is -0.610. The molecule has 0 aromatic rings. The number of nitrogens with zero attached hydrogens (tertiary/aromatic N) is 1. The van der Waals surface area contributed by atoms with Crippen molar-refractivity contribution < 1.29 is 9.53 Å². The molecule has 1 aliphatic carbocycles. The van der Waals surface area contributed by atoms with Crippen molar-refractivity contribution in [3.05, 3.63) is 0 Å². The molecule has 2 aliphatic heterocycles. The van der Waals surface area contributed by atoms with E-state index in [4.69, 9.17) is 4.74 Å². The van der Waals surface area contributed by atoms with Crippen LogP contribution in [0.15, 0.2) is 0 Å². The van der Waals surface area contributed by atoms with Crippen molar-refractivity contribution in [2.75, 3.05) is 19.7 Å². The minimum Gasteiger partial charge on any atom is -0.374 e. The summed E-state index contributed by atoms with van der Waals surface area (Å²) in [6.07, 6.45) is 8.16. The zero-order valence-electron chi connectivity index (χ0n) is 11.1. The van der Waals surface area contributed by atoms with E-state index in [9.17, 15) is 4.79 Å². The molecule has 2 heterocycles.